The zero-order valence-corrected chi connectivity index (χ0v) is 13.2. The maximum Gasteiger partial charge on any atom is 0.219 e. The number of aromatic nitrogens is 1. The van der Waals surface area contributed by atoms with Gasteiger partial charge in [-0.05, 0) is 24.6 Å². The molecule has 1 aromatic heterocycles. The third kappa shape index (κ3) is 2.60. The van der Waals surface area contributed by atoms with Gasteiger partial charge in [-0.25, -0.2) is 0 Å². The van der Waals surface area contributed by atoms with Crippen LogP contribution in [0.1, 0.15) is 20.3 Å². The number of nitrogens with zero attached hydrogens (tertiary/aromatic N) is 2. The van der Waals surface area contributed by atoms with Crippen LogP contribution in [-0.2, 0) is 4.79 Å². The van der Waals surface area contributed by atoms with E-state index in [2.05, 4.69) is 22.9 Å². The Balaban J connectivity index is 1.93. The molecule has 1 aromatic carbocycles. The number of hydrogen-bond donors (Lipinski definition) is 1. The Hall–Kier alpha value is -1.68. The number of carbonyl (C=O) groups is 1. The van der Waals surface area contributed by atoms with Crippen molar-refractivity contribution < 1.29 is 4.79 Å². The van der Waals surface area contributed by atoms with Crippen LogP contribution in [0.25, 0.3) is 10.9 Å². The SMILES string of the molecule is CCC1CN(c2cc(Cl)cc3[nH]ccc23)CCN1C(C)=O. The van der Waals surface area contributed by atoms with Crippen LogP contribution in [0.5, 0.6) is 0 Å². The van der Waals surface area contributed by atoms with Gasteiger partial charge in [0.2, 0.25) is 5.91 Å². The summed E-state index contributed by atoms with van der Waals surface area (Å²) in [7, 11) is 0. The van der Waals surface area contributed by atoms with Crippen molar-refractivity contribution in [3.8, 4) is 0 Å². The van der Waals surface area contributed by atoms with E-state index < -0.39 is 0 Å². The Kier molecular flexibility index (Phi) is 3.81. The zero-order chi connectivity index (χ0) is 15.0. The number of H-pyrrole nitrogens is 1. The summed E-state index contributed by atoms with van der Waals surface area (Å²) in [5.41, 5.74) is 2.21. The molecule has 1 aliphatic rings. The van der Waals surface area contributed by atoms with Crippen molar-refractivity contribution >= 4 is 34.1 Å². The lowest BCUT2D eigenvalue weighted by atomic mass is 10.1. The molecule has 0 radical (unpaired) electrons. The van der Waals surface area contributed by atoms with Gasteiger partial charge in [-0.2, -0.15) is 0 Å². The van der Waals surface area contributed by atoms with E-state index in [-0.39, 0.29) is 11.9 Å². The number of piperazine rings is 1. The van der Waals surface area contributed by atoms with E-state index in [4.69, 9.17) is 11.6 Å². The van der Waals surface area contributed by atoms with E-state index in [1.54, 1.807) is 6.92 Å². The van der Waals surface area contributed by atoms with Gasteiger partial charge in [-0.3, -0.25) is 4.79 Å². The second-order valence-electron chi connectivity index (χ2n) is 5.58. The molecule has 21 heavy (non-hydrogen) atoms. The molecule has 2 aromatic rings. The van der Waals surface area contributed by atoms with E-state index in [1.165, 1.54) is 5.39 Å². The number of amides is 1. The van der Waals surface area contributed by atoms with E-state index in [0.29, 0.717) is 0 Å². The van der Waals surface area contributed by atoms with Crippen LogP contribution in [0.2, 0.25) is 5.02 Å². The highest BCUT2D eigenvalue weighted by molar-refractivity contribution is 6.31. The van der Waals surface area contributed by atoms with Crippen LogP contribution in [-0.4, -0.2) is 41.5 Å². The molecule has 2 heterocycles. The van der Waals surface area contributed by atoms with Crippen LogP contribution < -0.4 is 4.90 Å². The van der Waals surface area contributed by atoms with Crippen LogP contribution >= 0.6 is 11.6 Å². The number of nitrogens with one attached hydrogen (secondary N) is 1. The molecular weight excluding hydrogens is 286 g/mol. The lowest BCUT2D eigenvalue weighted by Crippen LogP contribution is -2.54. The van der Waals surface area contributed by atoms with Gasteiger partial charge in [-0.1, -0.05) is 18.5 Å². The topological polar surface area (TPSA) is 39.3 Å². The van der Waals surface area contributed by atoms with E-state index in [0.717, 1.165) is 42.3 Å². The molecule has 1 atom stereocenters. The second-order valence-corrected chi connectivity index (χ2v) is 6.02. The maximum atomic E-state index is 11.7. The summed E-state index contributed by atoms with van der Waals surface area (Å²) in [4.78, 5) is 19.3. The summed E-state index contributed by atoms with van der Waals surface area (Å²) >= 11 is 6.24. The Morgan fingerprint density at radius 2 is 2.24 bits per heavy atom. The van der Waals surface area contributed by atoms with Crippen molar-refractivity contribution in [2.24, 2.45) is 0 Å². The highest BCUT2D eigenvalue weighted by atomic mass is 35.5. The number of halogens is 1. The lowest BCUT2D eigenvalue weighted by Gasteiger charge is -2.42. The van der Waals surface area contributed by atoms with Crippen LogP contribution in [0, 0.1) is 0 Å². The van der Waals surface area contributed by atoms with Gasteiger partial charge in [0.25, 0.3) is 0 Å². The fourth-order valence-electron chi connectivity index (χ4n) is 3.21. The molecule has 1 aliphatic heterocycles. The van der Waals surface area contributed by atoms with Gasteiger partial charge in [-0.15, -0.1) is 0 Å². The minimum Gasteiger partial charge on any atom is -0.367 e. The summed E-state index contributed by atoms with van der Waals surface area (Å²) in [6, 6.07) is 6.32. The second kappa shape index (κ2) is 5.60. The molecule has 1 N–H and O–H groups in total. The highest BCUT2D eigenvalue weighted by Gasteiger charge is 2.28. The van der Waals surface area contributed by atoms with Crippen molar-refractivity contribution in [1.82, 2.24) is 9.88 Å². The first-order valence-corrected chi connectivity index (χ1v) is 7.76. The zero-order valence-electron chi connectivity index (χ0n) is 12.4. The number of hydrogen-bond acceptors (Lipinski definition) is 2. The van der Waals surface area contributed by atoms with Crippen LogP contribution in [0.15, 0.2) is 24.4 Å². The van der Waals surface area contributed by atoms with Crippen molar-refractivity contribution in [3.63, 3.8) is 0 Å². The van der Waals surface area contributed by atoms with Gasteiger partial charge in [0.05, 0.1) is 0 Å². The summed E-state index contributed by atoms with van der Waals surface area (Å²) in [5, 5.41) is 1.92. The third-order valence-electron chi connectivity index (χ3n) is 4.31. The predicted molar refractivity (Wildman–Crippen MR) is 87.0 cm³/mol. The normalized spacial score (nSPS) is 19.3. The minimum atomic E-state index is 0.166. The standard InChI is InChI=1S/C16H20ClN3O/c1-3-13-10-19(6-7-20(13)11(2)21)16-9-12(17)8-15-14(16)4-5-18-15/h4-5,8-9,13,18H,3,6-7,10H2,1-2H3. The highest BCUT2D eigenvalue weighted by Crippen LogP contribution is 2.32. The minimum absolute atomic E-state index is 0.166. The van der Waals surface area contributed by atoms with Crippen molar-refractivity contribution in [1.29, 1.82) is 0 Å². The molecule has 0 saturated carbocycles. The predicted octanol–water partition coefficient (Wildman–Crippen LogP) is 3.27. The van der Waals surface area contributed by atoms with E-state index >= 15 is 0 Å². The molecule has 1 unspecified atom stereocenters. The first kappa shape index (κ1) is 14.3. The van der Waals surface area contributed by atoms with Gasteiger partial charge < -0.3 is 14.8 Å². The smallest absolute Gasteiger partial charge is 0.219 e. The molecule has 112 valence electrons. The van der Waals surface area contributed by atoms with Gasteiger partial charge in [0.1, 0.15) is 0 Å². The largest absolute Gasteiger partial charge is 0.367 e. The molecule has 0 bridgehead atoms. The fourth-order valence-corrected chi connectivity index (χ4v) is 3.43. The molecule has 1 saturated heterocycles. The van der Waals surface area contributed by atoms with Gasteiger partial charge in [0, 0.05) is 60.4 Å². The number of carbonyl (C=O) groups excluding carboxylic acids is 1. The molecule has 0 aliphatic carbocycles. The van der Waals surface area contributed by atoms with Crippen molar-refractivity contribution in [3.05, 3.63) is 29.4 Å². The summed E-state index contributed by atoms with van der Waals surface area (Å²) in [6.45, 7) is 6.26. The number of benzene rings is 1. The number of rotatable bonds is 2. The Labute approximate surface area is 129 Å². The lowest BCUT2D eigenvalue weighted by molar-refractivity contribution is -0.131. The van der Waals surface area contributed by atoms with Crippen molar-refractivity contribution in [2.75, 3.05) is 24.5 Å². The monoisotopic (exact) mass is 305 g/mol. The first-order valence-electron chi connectivity index (χ1n) is 7.39. The number of aromatic amines is 1. The Morgan fingerprint density at radius 1 is 1.43 bits per heavy atom. The van der Waals surface area contributed by atoms with Gasteiger partial charge in [0.15, 0.2) is 0 Å². The van der Waals surface area contributed by atoms with E-state index in [1.807, 2.05) is 23.2 Å². The molecule has 5 heteroatoms. The molecule has 3 rings (SSSR count). The molecule has 1 fully saturated rings. The molecule has 4 nitrogen and oxygen atoms in total. The summed E-state index contributed by atoms with van der Waals surface area (Å²) < 4.78 is 0. The third-order valence-corrected chi connectivity index (χ3v) is 4.53. The van der Waals surface area contributed by atoms with Crippen LogP contribution in [0.4, 0.5) is 5.69 Å². The Bertz CT molecular complexity index is 667. The number of anilines is 1. The summed E-state index contributed by atoms with van der Waals surface area (Å²) in [5.74, 6) is 0.166. The summed E-state index contributed by atoms with van der Waals surface area (Å²) in [6.07, 6.45) is 2.90. The molecular formula is C16H20ClN3O. The first-order chi connectivity index (χ1) is 10.1. The maximum absolute atomic E-state index is 11.7. The van der Waals surface area contributed by atoms with E-state index in [9.17, 15) is 4.79 Å². The van der Waals surface area contributed by atoms with Crippen molar-refractivity contribution in [2.45, 2.75) is 26.3 Å². The Morgan fingerprint density at radius 3 is 2.95 bits per heavy atom. The fraction of sp³-hybridized carbons (Fsp3) is 0.438. The molecule has 1 amide bonds. The molecule has 0 spiro atoms. The average Bonchev–Trinajstić information content (AvgIpc) is 2.93. The number of fused-ring (bicyclic) bond motifs is 1. The van der Waals surface area contributed by atoms with Gasteiger partial charge >= 0.3 is 0 Å². The van der Waals surface area contributed by atoms with Crippen LogP contribution in [0.3, 0.4) is 0 Å². The quantitative estimate of drug-likeness (QED) is 0.925. The average molecular weight is 306 g/mol.